The van der Waals surface area contributed by atoms with Gasteiger partial charge in [-0.2, -0.15) is 9.55 Å². The van der Waals surface area contributed by atoms with Gasteiger partial charge in [0.25, 0.3) is 5.82 Å². The molecule has 6 rings (SSSR count). The molecule has 3 aromatic carbocycles. The summed E-state index contributed by atoms with van der Waals surface area (Å²) in [6.07, 6.45) is 0. The molecule has 3 aromatic heterocycles. The molecule has 3 heterocycles. The van der Waals surface area contributed by atoms with E-state index in [1.807, 2.05) is 6.92 Å². The highest BCUT2D eigenvalue weighted by molar-refractivity contribution is 6.07. The van der Waals surface area contributed by atoms with Crippen molar-refractivity contribution in [1.29, 1.82) is 0 Å². The first-order valence-electron chi connectivity index (χ1n) is 10.5. The molecule has 0 amide bonds. The van der Waals surface area contributed by atoms with Crippen LogP contribution in [-0.4, -0.2) is 14.5 Å². The van der Waals surface area contributed by atoms with Gasteiger partial charge in [-0.1, -0.05) is 36.4 Å². The van der Waals surface area contributed by atoms with E-state index in [9.17, 15) is 0 Å². The van der Waals surface area contributed by atoms with Gasteiger partial charge in [-0.05, 0) is 56.2 Å². The lowest BCUT2D eigenvalue weighted by atomic mass is 10.0. The molecule has 0 saturated heterocycles. The molecule has 0 atom stereocenters. The highest BCUT2D eigenvalue weighted by Gasteiger charge is 2.31. The van der Waals surface area contributed by atoms with Crippen molar-refractivity contribution >= 4 is 33.2 Å². The van der Waals surface area contributed by atoms with Crippen LogP contribution in [0.1, 0.15) is 17.0 Å². The summed E-state index contributed by atoms with van der Waals surface area (Å²) in [6, 6.07) is 21.3. The van der Waals surface area contributed by atoms with Gasteiger partial charge in [-0.15, -0.1) is 0 Å². The van der Waals surface area contributed by atoms with E-state index < -0.39 is 0 Å². The summed E-state index contributed by atoms with van der Waals surface area (Å²) in [6.45, 7) is 6.25. The summed E-state index contributed by atoms with van der Waals surface area (Å²) in [5.74, 6) is 1.95. The molecule has 31 heavy (non-hydrogen) atoms. The minimum absolute atomic E-state index is 0.653. The molecule has 0 fully saturated rings. The number of nitrogens with one attached hydrogen (secondary N) is 1. The summed E-state index contributed by atoms with van der Waals surface area (Å²) in [5.41, 5.74) is 9.44. The fraction of sp³-hybridized carbons (Fsp3) is 0.154. The Kier molecular flexibility index (Phi) is 3.66. The van der Waals surface area contributed by atoms with Crippen LogP contribution in [0.25, 0.3) is 50.3 Å². The Hall–Kier alpha value is -3.86. The Balaban J connectivity index is 1.81. The molecule has 0 saturated carbocycles. The topological polar surface area (TPSA) is 50.6 Å². The predicted molar refractivity (Wildman–Crippen MR) is 124 cm³/mol. The molecule has 0 radical (unpaired) electrons. The van der Waals surface area contributed by atoms with Gasteiger partial charge >= 0.3 is 0 Å². The Morgan fingerprint density at radius 2 is 1.68 bits per heavy atom. The first-order chi connectivity index (χ1) is 15.0. The highest BCUT2D eigenvalue weighted by Crippen LogP contribution is 2.38. The number of aryl methyl sites for hydroxylation is 4. The van der Waals surface area contributed by atoms with E-state index in [1.54, 1.807) is 0 Å². The predicted octanol–water partition coefficient (Wildman–Crippen LogP) is 5.67. The second-order valence-electron chi connectivity index (χ2n) is 8.23. The maximum Gasteiger partial charge on any atom is 0.298 e. The van der Waals surface area contributed by atoms with Crippen LogP contribution in [-0.2, 0) is 7.05 Å². The van der Waals surface area contributed by atoms with Gasteiger partial charge in [0.05, 0.1) is 7.05 Å². The van der Waals surface area contributed by atoms with Crippen LogP contribution >= 0.6 is 0 Å². The van der Waals surface area contributed by atoms with Crippen molar-refractivity contribution in [3.63, 3.8) is 0 Å². The van der Waals surface area contributed by atoms with Crippen LogP contribution in [0.5, 0.6) is 0 Å². The zero-order chi connectivity index (χ0) is 21.3. The molecule has 0 spiro atoms. The molecular weight excluding hydrogens is 384 g/mol. The van der Waals surface area contributed by atoms with Gasteiger partial charge in [0, 0.05) is 5.39 Å². The second kappa shape index (κ2) is 6.32. The molecule has 5 nitrogen and oxygen atoms in total. The van der Waals surface area contributed by atoms with Crippen LogP contribution < -0.4 is 4.57 Å². The van der Waals surface area contributed by atoms with Crippen molar-refractivity contribution in [3.8, 4) is 17.1 Å². The number of H-pyrrole nitrogens is 1. The highest BCUT2D eigenvalue weighted by atomic mass is 16.3. The smallest absolute Gasteiger partial charge is 0.298 e. The van der Waals surface area contributed by atoms with Crippen molar-refractivity contribution in [2.45, 2.75) is 20.8 Å². The summed E-state index contributed by atoms with van der Waals surface area (Å²) < 4.78 is 11.0. The first kappa shape index (κ1) is 18.0. The van der Waals surface area contributed by atoms with Gasteiger partial charge < -0.3 is 9.40 Å². The molecule has 1 N–H and O–H groups in total. The van der Waals surface area contributed by atoms with Crippen molar-refractivity contribution < 1.29 is 8.98 Å². The standard InChI is InChI=1S/C26H23N4O/c1-15-9-5-6-10-19(15)30-21-12-8-7-11-20(21)29(4)26(30)22-16(2)13-14-18-23-25(31-24(18)22)28-17(3)27-23/h5-14H,1-4H3,(H,27,28)/q+1. The van der Waals surface area contributed by atoms with Crippen molar-refractivity contribution in [2.75, 3.05) is 0 Å². The molecule has 0 unspecified atom stereocenters. The van der Waals surface area contributed by atoms with E-state index in [0.29, 0.717) is 5.71 Å². The average molecular weight is 407 g/mol. The number of benzene rings is 3. The zero-order valence-corrected chi connectivity index (χ0v) is 18.0. The molecule has 6 aromatic rings. The molecule has 0 bridgehead atoms. The zero-order valence-electron chi connectivity index (χ0n) is 18.0. The van der Waals surface area contributed by atoms with Crippen molar-refractivity contribution in [2.24, 2.45) is 7.05 Å². The Morgan fingerprint density at radius 3 is 2.52 bits per heavy atom. The lowest BCUT2D eigenvalue weighted by molar-refractivity contribution is -0.633. The van der Waals surface area contributed by atoms with E-state index >= 15 is 0 Å². The normalized spacial score (nSPS) is 11.9. The average Bonchev–Trinajstić information content (AvgIpc) is 3.38. The van der Waals surface area contributed by atoms with Gasteiger partial charge in [0.1, 0.15) is 22.6 Å². The molecule has 0 aliphatic heterocycles. The first-order valence-corrected chi connectivity index (χ1v) is 10.5. The second-order valence-corrected chi connectivity index (χ2v) is 8.23. The maximum atomic E-state index is 6.34. The lowest BCUT2D eigenvalue weighted by Crippen LogP contribution is -2.30. The quantitative estimate of drug-likeness (QED) is 0.376. The van der Waals surface area contributed by atoms with Crippen LogP contribution in [0.15, 0.2) is 65.1 Å². The van der Waals surface area contributed by atoms with Crippen LogP contribution in [0, 0.1) is 20.8 Å². The van der Waals surface area contributed by atoms with Gasteiger partial charge in [0.2, 0.25) is 5.71 Å². The lowest BCUT2D eigenvalue weighted by Gasteiger charge is -2.09. The number of para-hydroxylation sites is 3. The number of rotatable bonds is 2. The minimum Gasteiger partial charge on any atom is -0.435 e. The van der Waals surface area contributed by atoms with E-state index in [2.05, 4.69) is 101 Å². The van der Waals surface area contributed by atoms with E-state index in [1.165, 1.54) is 11.1 Å². The van der Waals surface area contributed by atoms with Gasteiger partial charge in [0.15, 0.2) is 16.6 Å². The maximum absolute atomic E-state index is 6.34. The largest absolute Gasteiger partial charge is 0.435 e. The third-order valence-electron chi connectivity index (χ3n) is 6.22. The SMILES string of the molecule is Cc1nc2oc3c(-c4n(-c5ccccc5C)c5ccccc5[n+]4C)c(C)ccc3c2[nH]1. The minimum atomic E-state index is 0.653. The van der Waals surface area contributed by atoms with Crippen LogP contribution in [0.3, 0.4) is 0 Å². The summed E-state index contributed by atoms with van der Waals surface area (Å²) in [7, 11) is 2.13. The molecule has 152 valence electrons. The Labute approximate surface area is 179 Å². The third kappa shape index (κ3) is 2.43. The van der Waals surface area contributed by atoms with Crippen LogP contribution in [0.4, 0.5) is 0 Å². The molecule has 5 heteroatoms. The summed E-state index contributed by atoms with van der Waals surface area (Å²) in [5, 5.41) is 1.05. The van der Waals surface area contributed by atoms with Crippen molar-refractivity contribution in [1.82, 2.24) is 14.5 Å². The summed E-state index contributed by atoms with van der Waals surface area (Å²) >= 11 is 0. The number of imidazole rings is 2. The monoisotopic (exact) mass is 407 g/mol. The number of nitrogens with zero attached hydrogens (tertiary/aromatic N) is 3. The number of hydrogen-bond donors (Lipinski definition) is 1. The van der Waals surface area contributed by atoms with Gasteiger partial charge in [-0.3, -0.25) is 0 Å². The Bertz CT molecular complexity index is 1630. The number of aromatic amines is 1. The van der Waals surface area contributed by atoms with E-state index in [0.717, 1.165) is 50.5 Å². The molecule has 0 aliphatic rings. The fourth-order valence-electron chi connectivity index (χ4n) is 4.74. The molecular formula is C26H23N4O+. The van der Waals surface area contributed by atoms with Crippen LogP contribution in [0.2, 0.25) is 0 Å². The number of fused-ring (bicyclic) bond motifs is 4. The van der Waals surface area contributed by atoms with Gasteiger partial charge in [-0.25, -0.2) is 4.57 Å². The number of hydrogen-bond acceptors (Lipinski definition) is 2. The fourth-order valence-corrected chi connectivity index (χ4v) is 4.74. The van der Waals surface area contributed by atoms with Crippen molar-refractivity contribution in [3.05, 3.63) is 77.6 Å². The molecule has 0 aliphatic carbocycles. The number of furan rings is 1. The van der Waals surface area contributed by atoms with E-state index in [-0.39, 0.29) is 0 Å². The Morgan fingerprint density at radius 1 is 0.903 bits per heavy atom. The number of aromatic nitrogens is 4. The van der Waals surface area contributed by atoms with E-state index in [4.69, 9.17) is 4.42 Å². The summed E-state index contributed by atoms with van der Waals surface area (Å²) in [4.78, 5) is 7.90. The third-order valence-corrected chi connectivity index (χ3v) is 6.22.